The largest absolute Gasteiger partial charge is 0.444 e. The van der Waals surface area contributed by atoms with Crippen LogP contribution in [0.5, 0.6) is 0 Å². The second-order valence-electron chi connectivity index (χ2n) is 7.69. The molecule has 1 fully saturated rings. The van der Waals surface area contributed by atoms with E-state index in [9.17, 15) is 14.0 Å². The molecule has 0 saturated carbocycles. The molecule has 1 aliphatic heterocycles. The van der Waals surface area contributed by atoms with Gasteiger partial charge in [-0.2, -0.15) is 0 Å². The predicted molar refractivity (Wildman–Crippen MR) is 93.8 cm³/mol. The number of halogens is 1. The third-order valence-corrected chi connectivity index (χ3v) is 4.67. The summed E-state index contributed by atoms with van der Waals surface area (Å²) in [6.07, 6.45) is -0.709. The van der Waals surface area contributed by atoms with Crippen molar-refractivity contribution >= 4 is 12.0 Å². The van der Waals surface area contributed by atoms with E-state index in [4.69, 9.17) is 4.74 Å². The van der Waals surface area contributed by atoms with Gasteiger partial charge in [-0.25, -0.2) is 9.18 Å². The van der Waals surface area contributed by atoms with Crippen LogP contribution in [0.25, 0.3) is 0 Å². The molecule has 1 N–H and O–H groups in total. The second-order valence-corrected chi connectivity index (χ2v) is 7.69. The normalized spacial score (nSPS) is 25.0. The van der Waals surface area contributed by atoms with Crippen molar-refractivity contribution in [2.75, 3.05) is 13.2 Å². The van der Waals surface area contributed by atoms with Gasteiger partial charge in [0.1, 0.15) is 17.8 Å². The van der Waals surface area contributed by atoms with Crippen LogP contribution in [0.4, 0.5) is 9.18 Å². The van der Waals surface area contributed by atoms with E-state index in [0.717, 1.165) is 5.56 Å². The molecule has 138 valence electrons. The fourth-order valence-electron chi connectivity index (χ4n) is 3.09. The first-order valence-corrected chi connectivity index (χ1v) is 8.52. The molecule has 0 aliphatic carbocycles. The summed E-state index contributed by atoms with van der Waals surface area (Å²) in [5, 5.41) is 2.62. The molecule has 1 aliphatic rings. The molecule has 1 aromatic rings. The van der Waals surface area contributed by atoms with Gasteiger partial charge in [0.25, 0.3) is 0 Å². The molecule has 1 unspecified atom stereocenters. The summed E-state index contributed by atoms with van der Waals surface area (Å²) >= 11 is 0. The lowest BCUT2D eigenvalue weighted by molar-refractivity contribution is -0.132. The summed E-state index contributed by atoms with van der Waals surface area (Å²) in [7, 11) is 0. The van der Waals surface area contributed by atoms with Crippen molar-refractivity contribution in [3.63, 3.8) is 0 Å². The van der Waals surface area contributed by atoms with Crippen molar-refractivity contribution in [3.8, 4) is 0 Å². The van der Waals surface area contributed by atoms with Gasteiger partial charge in [-0.05, 0) is 33.3 Å². The molecule has 1 saturated heterocycles. The Hall–Kier alpha value is -2.11. The zero-order valence-electron chi connectivity index (χ0n) is 15.5. The van der Waals surface area contributed by atoms with E-state index in [1.165, 1.54) is 0 Å². The number of rotatable bonds is 4. The van der Waals surface area contributed by atoms with Gasteiger partial charge in [-0.3, -0.25) is 4.79 Å². The Morgan fingerprint density at radius 3 is 2.52 bits per heavy atom. The van der Waals surface area contributed by atoms with Crippen LogP contribution >= 0.6 is 0 Å². The third-order valence-electron chi connectivity index (χ3n) is 4.67. The van der Waals surface area contributed by atoms with Gasteiger partial charge < -0.3 is 15.0 Å². The van der Waals surface area contributed by atoms with Gasteiger partial charge in [0.05, 0.1) is 12.0 Å². The van der Waals surface area contributed by atoms with Crippen LogP contribution in [-0.4, -0.2) is 41.3 Å². The highest BCUT2D eigenvalue weighted by Crippen LogP contribution is 2.35. The summed E-state index contributed by atoms with van der Waals surface area (Å²) in [4.78, 5) is 26.5. The first-order chi connectivity index (χ1) is 11.6. The summed E-state index contributed by atoms with van der Waals surface area (Å²) in [6, 6.07) is 9.36. The molecule has 1 heterocycles. The zero-order valence-corrected chi connectivity index (χ0v) is 15.5. The van der Waals surface area contributed by atoms with E-state index >= 15 is 0 Å². The van der Waals surface area contributed by atoms with Crippen LogP contribution in [0.2, 0.25) is 0 Å². The smallest absolute Gasteiger partial charge is 0.408 e. The van der Waals surface area contributed by atoms with E-state index in [2.05, 4.69) is 5.32 Å². The first kappa shape index (κ1) is 19.2. The number of carbonyl (C=O) groups excluding carboxylic acids is 2. The molecule has 0 radical (unpaired) electrons. The number of nitrogens with one attached hydrogen (secondary N) is 1. The number of hydrogen-bond donors (Lipinski definition) is 1. The minimum atomic E-state index is -1.28. The Bertz CT molecular complexity index is 629. The highest BCUT2D eigenvalue weighted by Gasteiger charge is 2.52. The Morgan fingerprint density at radius 2 is 2.00 bits per heavy atom. The van der Waals surface area contributed by atoms with E-state index in [-0.39, 0.29) is 18.5 Å². The first-order valence-electron chi connectivity index (χ1n) is 8.52. The average molecular weight is 350 g/mol. The van der Waals surface area contributed by atoms with Gasteiger partial charge >= 0.3 is 6.09 Å². The Kier molecular flexibility index (Phi) is 5.40. The molecule has 25 heavy (non-hydrogen) atoms. The number of nitrogens with zero attached hydrogens (tertiary/aromatic N) is 1. The van der Waals surface area contributed by atoms with Crippen LogP contribution in [-0.2, 0) is 9.53 Å². The van der Waals surface area contributed by atoms with Crippen molar-refractivity contribution in [1.82, 2.24) is 10.2 Å². The Balaban J connectivity index is 2.20. The van der Waals surface area contributed by atoms with Gasteiger partial charge in [0.15, 0.2) is 0 Å². The molecular formula is C19H27FN2O3. The van der Waals surface area contributed by atoms with Crippen molar-refractivity contribution in [3.05, 3.63) is 35.9 Å². The highest BCUT2D eigenvalue weighted by molar-refractivity contribution is 5.85. The molecule has 2 rings (SSSR count). The molecule has 2 amide bonds. The van der Waals surface area contributed by atoms with Crippen molar-refractivity contribution in [1.29, 1.82) is 0 Å². The minimum Gasteiger partial charge on any atom is -0.444 e. The SMILES string of the molecule is CC1C(=O)N([C@H](C)c2ccccc2)C[C@@]1(CF)NC(=O)OC(C)(C)C. The number of alkyl carbamates (subject to hydrolysis) is 1. The van der Waals surface area contributed by atoms with Gasteiger partial charge in [-0.1, -0.05) is 37.3 Å². The minimum absolute atomic E-state index is 0.110. The molecule has 0 bridgehead atoms. The molecule has 6 heteroatoms. The average Bonchev–Trinajstić information content (AvgIpc) is 2.79. The molecule has 0 spiro atoms. The topological polar surface area (TPSA) is 58.6 Å². The maximum Gasteiger partial charge on any atom is 0.408 e. The van der Waals surface area contributed by atoms with E-state index in [1.807, 2.05) is 37.3 Å². The second kappa shape index (κ2) is 7.02. The van der Waals surface area contributed by atoms with Gasteiger partial charge in [-0.15, -0.1) is 0 Å². The number of carbonyl (C=O) groups is 2. The number of ether oxygens (including phenoxy) is 1. The zero-order chi connectivity index (χ0) is 18.8. The fourth-order valence-corrected chi connectivity index (χ4v) is 3.09. The standard InChI is InChI=1S/C19H27FN2O3/c1-13-16(23)22(14(2)15-9-7-6-8-10-15)12-19(13,11-20)21-17(24)25-18(3,4)5/h6-10,13-14H,11-12H2,1-5H3,(H,21,24)/t13?,14-,19-/m1/s1. The van der Waals surface area contributed by atoms with Gasteiger partial charge in [0.2, 0.25) is 5.91 Å². The van der Waals surface area contributed by atoms with Crippen LogP contribution in [0.3, 0.4) is 0 Å². The van der Waals surface area contributed by atoms with Crippen molar-refractivity contribution in [2.45, 2.75) is 51.8 Å². The fraction of sp³-hybridized carbons (Fsp3) is 0.579. The lowest BCUT2D eigenvalue weighted by Gasteiger charge is -2.32. The van der Waals surface area contributed by atoms with E-state index in [1.54, 1.807) is 32.6 Å². The molecule has 1 aromatic carbocycles. The highest BCUT2D eigenvalue weighted by atomic mass is 19.1. The van der Waals surface area contributed by atoms with Gasteiger partial charge in [0, 0.05) is 6.54 Å². The number of hydrogen-bond acceptors (Lipinski definition) is 3. The summed E-state index contributed by atoms with van der Waals surface area (Å²) in [6.45, 7) is 8.04. The summed E-state index contributed by atoms with van der Waals surface area (Å²) in [5.74, 6) is -0.846. The number of likely N-dealkylation sites (tertiary alicyclic amines) is 1. The predicted octanol–water partition coefficient (Wildman–Crippen LogP) is 3.46. The number of alkyl halides is 1. The van der Waals surface area contributed by atoms with Crippen LogP contribution < -0.4 is 5.32 Å². The maximum absolute atomic E-state index is 14.0. The monoisotopic (exact) mass is 350 g/mol. The summed E-state index contributed by atoms with van der Waals surface area (Å²) < 4.78 is 19.2. The molecule has 3 atom stereocenters. The summed E-state index contributed by atoms with van der Waals surface area (Å²) in [5.41, 5.74) is -0.998. The van der Waals surface area contributed by atoms with Crippen LogP contribution in [0, 0.1) is 5.92 Å². The Labute approximate surface area is 148 Å². The van der Waals surface area contributed by atoms with E-state index in [0.29, 0.717) is 0 Å². The number of amides is 2. The molecular weight excluding hydrogens is 323 g/mol. The lowest BCUT2D eigenvalue weighted by Crippen LogP contribution is -2.56. The number of benzene rings is 1. The Morgan fingerprint density at radius 1 is 1.40 bits per heavy atom. The lowest BCUT2D eigenvalue weighted by atomic mass is 9.89. The van der Waals surface area contributed by atoms with Crippen LogP contribution in [0.1, 0.15) is 46.2 Å². The quantitative estimate of drug-likeness (QED) is 0.905. The molecule has 5 nitrogen and oxygen atoms in total. The molecule has 0 aromatic heterocycles. The third kappa shape index (κ3) is 4.11. The van der Waals surface area contributed by atoms with Crippen molar-refractivity contribution < 1.29 is 18.7 Å². The maximum atomic E-state index is 14.0. The van der Waals surface area contributed by atoms with Crippen molar-refractivity contribution in [2.24, 2.45) is 5.92 Å². The van der Waals surface area contributed by atoms with E-state index < -0.39 is 29.8 Å². The van der Waals surface area contributed by atoms with Crippen LogP contribution in [0.15, 0.2) is 30.3 Å².